The van der Waals surface area contributed by atoms with Crippen LogP contribution in [0, 0.1) is 0 Å². The topological polar surface area (TPSA) is 55.8 Å². The van der Waals surface area contributed by atoms with E-state index in [4.69, 9.17) is 9.47 Å². The Kier molecular flexibility index (Phi) is 7.68. The summed E-state index contributed by atoms with van der Waals surface area (Å²) in [4.78, 5) is 0. The number of benzene rings is 1. The maximum absolute atomic E-state index is 12.8. The molecule has 0 aliphatic carbocycles. The van der Waals surface area contributed by atoms with E-state index >= 15 is 0 Å². The van der Waals surface area contributed by atoms with Gasteiger partial charge in [-0.15, -0.1) is 0 Å². The SMILES string of the molecule is COC(CCS(=O)(=O)N1CCCCC1CCc1ccccc1)OC. The summed E-state index contributed by atoms with van der Waals surface area (Å²) in [5.41, 5.74) is 1.26. The summed E-state index contributed by atoms with van der Waals surface area (Å²) in [6, 6.07) is 10.4. The number of aryl methyl sites for hydroxylation is 1. The van der Waals surface area contributed by atoms with Crippen molar-refractivity contribution in [1.29, 1.82) is 0 Å². The van der Waals surface area contributed by atoms with Gasteiger partial charge >= 0.3 is 0 Å². The van der Waals surface area contributed by atoms with Gasteiger partial charge in [0.25, 0.3) is 0 Å². The van der Waals surface area contributed by atoms with Gasteiger partial charge in [0.1, 0.15) is 0 Å². The molecule has 136 valence electrons. The molecule has 6 heteroatoms. The molecule has 0 amide bonds. The first-order chi connectivity index (χ1) is 11.6. The summed E-state index contributed by atoms with van der Waals surface area (Å²) >= 11 is 0. The van der Waals surface area contributed by atoms with Crippen LogP contribution >= 0.6 is 0 Å². The van der Waals surface area contributed by atoms with Gasteiger partial charge in [-0.3, -0.25) is 0 Å². The van der Waals surface area contributed by atoms with Crippen molar-refractivity contribution in [1.82, 2.24) is 4.31 Å². The number of methoxy groups -OCH3 is 2. The maximum atomic E-state index is 12.8. The molecule has 5 nitrogen and oxygen atoms in total. The minimum atomic E-state index is -3.28. The Labute approximate surface area is 146 Å². The molecule has 0 spiro atoms. The molecule has 1 fully saturated rings. The molecule has 1 unspecified atom stereocenters. The van der Waals surface area contributed by atoms with Gasteiger partial charge in [-0.05, 0) is 31.2 Å². The van der Waals surface area contributed by atoms with Crippen LogP contribution in [0.3, 0.4) is 0 Å². The quantitative estimate of drug-likeness (QED) is 0.639. The van der Waals surface area contributed by atoms with E-state index in [9.17, 15) is 8.42 Å². The first kappa shape index (κ1) is 19.4. The lowest BCUT2D eigenvalue weighted by Gasteiger charge is -2.35. The van der Waals surface area contributed by atoms with Crippen LogP contribution in [0.5, 0.6) is 0 Å². The van der Waals surface area contributed by atoms with Crippen molar-refractivity contribution in [2.45, 2.75) is 50.9 Å². The number of hydrogen-bond acceptors (Lipinski definition) is 4. The van der Waals surface area contributed by atoms with Crippen LogP contribution in [0.4, 0.5) is 0 Å². The lowest BCUT2D eigenvalue weighted by atomic mass is 9.98. The normalized spacial score (nSPS) is 19.7. The molecule has 0 radical (unpaired) electrons. The smallest absolute Gasteiger partial charge is 0.214 e. The van der Waals surface area contributed by atoms with Crippen molar-refractivity contribution in [2.75, 3.05) is 26.5 Å². The first-order valence-electron chi connectivity index (χ1n) is 8.66. The molecule has 24 heavy (non-hydrogen) atoms. The highest BCUT2D eigenvalue weighted by molar-refractivity contribution is 7.89. The Hall–Kier alpha value is -0.950. The van der Waals surface area contributed by atoms with E-state index in [1.807, 2.05) is 18.2 Å². The molecule has 1 aliphatic heterocycles. The van der Waals surface area contributed by atoms with Crippen LogP contribution < -0.4 is 0 Å². The van der Waals surface area contributed by atoms with E-state index in [0.717, 1.165) is 32.1 Å². The minimum Gasteiger partial charge on any atom is -0.356 e. The van der Waals surface area contributed by atoms with Gasteiger partial charge in [0, 0.05) is 33.2 Å². The summed E-state index contributed by atoms with van der Waals surface area (Å²) in [6.07, 6.45) is 4.68. The van der Waals surface area contributed by atoms with Crippen LogP contribution in [0.2, 0.25) is 0 Å². The third kappa shape index (κ3) is 5.55. The van der Waals surface area contributed by atoms with Crippen molar-refractivity contribution >= 4 is 10.0 Å². The van der Waals surface area contributed by atoms with Gasteiger partial charge in [0.05, 0.1) is 5.75 Å². The average Bonchev–Trinajstić information content (AvgIpc) is 2.62. The molecule has 1 atom stereocenters. The van der Waals surface area contributed by atoms with Gasteiger partial charge in [-0.2, -0.15) is 4.31 Å². The number of hydrogen-bond donors (Lipinski definition) is 0. The summed E-state index contributed by atoms with van der Waals surface area (Å²) in [5, 5.41) is 0. The lowest BCUT2D eigenvalue weighted by molar-refractivity contribution is -0.102. The van der Waals surface area contributed by atoms with Crippen LogP contribution in [-0.4, -0.2) is 51.6 Å². The summed E-state index contributed by atoms with van der Waals surface area (Å²) in [7, 11) is -0.215. The predicted octanol–water partition coefficient (Wildman–Crippen LogP) is 2.81. The van der Waals surface area contributed by atoms with Crippen molar-refractivity contribution in [3.8, 4) is 0 Å². The Balaban J connectivity index is 1.96. The van der Waals surface area contributed by atoms with Crippen LogP contribution in [0.25, 0.3) is 0 Å². The van der Waals surface area contributed by atoms with Crippen LogP contribution in [-0.2, 0) is 25.9 Å². The van der Waals surface area contributed by atoms with E-state index in [1.54, 1.807) is 4.31 Å². The molecule has 0 saturated carbocycles. The maximum Gasteiger partial charge on any atom is 0.214 e. The summed E-state index contributed by atoms with van der Waals surface area (Å²) in [5.74, 6) is 0.0706. The van der Waals surface area contributed by atoms with Crippen LogP contribution in [0.1, 0.15) is 37.7 Å². The van der Waals surface area contributed by atoms with E-state index in [-0.39, 0.29) is 11.8 Å². The molecule has 0 aromatic heterocycles. The largest absolute Gasteiger partial charge is 0.356 e. The number of rotatable bonds is 9. The minimum absolute atomic E-state index is 0.0706. The van der Waals surface area contributed by atoms with E-state index in [1.165, 1.54) is 19.8 Å². The fourth-order valence-corrected chi connectivity index (χ4v) is 5.10. The van der Waals surface area contributed by atoms with Gasteiger partial charge in [-0.1, -0.05) is 36.8 Å². The van der Waals surface area contributed by atoms with Crippen LogP contribution in [0.15, 0.2) is 30.3 Å². The van der Waals surface area contributed by atoms with Gasteiger partial charge in [-0.25, -0.2) is 8.42 Å². The molecular formula is C18H29NO4S. The van der Waals surface area contributed by atoms with Crippen molar-refractivity contribution in [3.05, 3.63) is 35.9 Å². The van der Waals surface area contributed by atoms with Gasteiger partial charge in [0.2, 0.25) is 10.0 Å². The number of ether oxygens (including phenoxy) is 2. The Morgan fingerprint density at radius 2 is 1.88 bits per heavy atom. The fraction of sp³-hybridized carbons (Fsp3) is 0.667. The Morgan fingerprint density at radius 1 is 1.17 bits per heavy atom. The van der Waals surface area contributed by atoms with E-state index in [2.05, 4.69) is 12.1 Å². The lowest BCUT2D eigenvalue weighted by Crippen LogP contribution is -2.45. The molecule has 2 rings (SSSR count). The Bertz CT molecular complexity index is 572. The number of nitrogens with zero attached hydrogens (tertiary/aromatic N) is 1. The molecule has 1 saturated heterocycles. The molecule has 1 aromatic carbocycles. The highest BCUT2D eigenvalue weighted by Gasteiger charge is 2.32. The second kappa shape index (κ2) is 9.51. The molecular weight excluding hydrogens is 326 g/mol. The highest BCUT2D eigenvalue weighted by Crippen LogP contribution is 2.25. The van der Waals surface area contributed by atoms with Crippen molar-refractivity contribution in [2.24, 2.45) is 0 Å². The monoisotopic (exact) mass is 355 g/mol. The summed E-state index contributed by atoms with van der Waals surface area (Å²) < 4.78 is 37.5. The van der Waals surface area contributed by atoms with Crippen molar-refractivity contribution in [3.63, 3.8) is 0 Å². The number of piperidine rings is 1. The zero-order valence-electron chi connectivity index (χ0n) is 14.7. The number of sulfonamides is 1. The highest BCUT2D eigenvalue weighted by atomic mass is 32.2. The third-order valence-electron chi connectivity index (χ3n) is 4.68. The molecule has 0 bridgehead atoms. The third-order valence-corrected chi connectivity index (χ3v) is 6.62. The zero-order valence-corrected chi connectivity index (χ0v) is 15.5. The van der Waals surface area contributed by atoms with Gasteiger partial charge in [0.15, 0.2) is 6.29 Å². The fourth-order valence-electron chi connectivity index (χ4n) is 3.30. The average molecular weight is 356 g/mol. The van der Waals surface area contributed by atoms with Gasteiger partial charge < -0.3 is 9.47 Å². The molecule has 0 N–H and O–H groups in total. The molecule has 1 aromatic rings. The van der Waals surface area contributed by atoms with E-state index < -0.39 is 16.3 Å². The van der Waals surface area contributed by atoms with E-state index in [0.29, 0.717) is 13.0 Å². The predicted molar refractivity (Wildman–Crippen MR) is 95.3 cm³/mol. The Morgan fingerprint density at radius 3 is 2.54 bits per heavy atom. The second-order valence-electron chi connectivity index (χ2n) is 6.29. The zero-order chi connectivity index (χ0) is 17.4. The second-order valence-corrected chi connectivity index (χ2v) is 8.33. The first-order valence-corrected chi connectivity index (χ1v) is 10.3. The standard InChI is InChI=1S/C18H29NO4S/c1-22-18(23-2)13-15-24(20,21)19-14-7-6-10-17(19)12-11-16-8-4-3-5-9-16/h3-5,8-9,17-18H,6-7,10-15H2,1-2H3. The summed E-state index contributed by atoms with van der Waals surface area (Å²) in [6.45, 7) is 0.631. The van der Waals surface area contributed by atoms with Crippen molar-refractivity contribution < 1.29 is 17.9 Å². The molecule has 1 heterocycles. The molecule has 1 aliphatic rings.